The standard InChI is InChI=1S/C24H17Br2ClN2O3/c1-31-22-11-15(9-17(13-28)24(30)29-19-7-4-6-18(25)12-19)10-20(26)23(22)32-14-16-5-2-3-8-21(16)27/h2-12H,14H2,1H3,(H,29,30)/b17-9+. The molecule has 0 bridgehead atoms. The average Bonchev–Trinajstić information content (AvgIpc) is 2.77. The van der Waals surface area contributed by atoms with Crippen molar-refractivity contribution in [2.45, 2.75) is 6.61 Å². The highest BCUT2D eigenvalue weighted by atomic mass is 79.9. The summed E-state index contributed by atoms with van der Waals surface area (Å²) in [6, 6.07) is 19.9. The summed E-state index contributed by atoms with van der Waals surface area (Å²) in [7, 11) is 1.52. The molecule has 162 valence electrons. The Morgan fingerprint density at radius 1 is 1.16 bits per heavy atom. The number of nitrogens with one attached hydrogen (secondary N) is 1. The fraction of sp³-hybridized carbons (Fsp3) is 0.0833. The van der Waals surface area contributed by atoms with Gasteiger partial charge in [-0.3, -0.25) is 4.79 Å². The molecule has 0 aromatic heterocycles. The van der Waals surface area contributed by atoms with Crippen molar-refractivity contribution in [1.29, 1.82) is 5.26 Å². The van der Waals surface area contributed by atoms with Crippen LogP contribution in [0.25, 0.3) is 6.08 Å². The first-order valence-electron chi connectivity index (χ1n) is 9.33. The maximum atomic E-state index is 12.6. The molecule has 3 rings (SSSR count). The molecule has 0 spiro atoms. The largest absolute Gasteiger partial charge is 0.493 e. The van der Waals surface area contributed by atoms with Crippen LogP contribution >= 0.6 is 43.5 Å². The number of benzene rings is 3. The molecule has 8 heteroatoms. The quantitative estimate of drug-likeness (QED) is 0.243. The summed E-state index contributed by atoms with van der Waals surface area (Å²) in [6.45, 7) is 0.252. The van der Waals surface area contributed by atoms with Gasteiger partial charge in [0.25, 0.3) is 5.91 Å². The van der Waals surface area contributed by atoms with Gasteiger partial charge in [0, 0.05) is 20.7 Å². The van der Waals surface area contributed by atoms with Gasteiger partial charge in [-0.05, 0) is 64.0 Å². The zero-order valence-corrected chi connectivity index (χ0v) is 20.8. The number of anilines is 1. The highest BCUT2D eigenvalue weighted by Gasteiger charge is 2.15. The molecule has 0 atom stereocenters. The van der Waals surface area contributed by atoms with Gasteiger partial charge in [0.2, 0.25) is 0 Å². The monoisotopic (exact) mass is 574 g/mol. The van der Waals surface area contributed by atoms with Crippen molar-refractivity contribution in [2.24, 2.45) is 0 Å². The number of rotatable bonds is 7. The minimum absolute atomic E-state index is 0.0522. The van der Waals surface area contributed by atoms with Crippen molar-refractivity contribution in [3.8, 4) is 17.6 Å². The molecule has 0 aliphatic rings. The minimum atomic E-state index is -0.514. The number of carbonyl (C=O) groups is 1. The third-order valence-electron chi connectivity index (χ3n) is 4.34. The topological polar surface area (TPSA) is 71.3 Å². The average molecular weight is 577 g/mol. The van der Waals surface area contributed by atoms with E-state index in [4.69, 9.17) is 21.1 Å². The van der Waals surface area contributed by atoms with E-state index in [0.717, 1.165) is 10.0 Å². The molecule has 0 saturated carbocycles. The van der Waals surface area contributed by atoms with Crippen LogP contribution in [0.1, 0.15) is 11.1 Å². The summed E-state index contributed by atoms with van der Waals surface area (Å²) >= 11 is 13.0. The van der Waals surface area contributed by atoms with Crippen molar-refractivity contribution in [3.05, 3.63) is 91.3 Å². The number of amides is 1. The fourth-order valence-electron chi connectivity index (χ4n) is 2.81. The highest BCUT2D eigenvalue weighted by Crippen LogP contribution is 2.38. The maximum Gasteiger partial charge on any atom is 0.266 e. The molecule has 0 saturated heterocycles. The van der Waals surface area contributed by atoms with Crippen LogP contribution in [0.15, 0.2) is 75.2 Å². The van der Waals surface area contributed by atoms with E-state index >= 15 is 0 Å². The number of methoxy groups -OCH3 is 1. The van der Waals surface area contributed by atoms with Crippen LogP contribution in [0.5, 0.6) is 11.5 Å². The molecule has 0 radical (unpaired) electrons. The lowest BCUT2D eigenvalue weighted by Crippen LogP contribution is -2.13. The zero-order chi connectivity index (χ0) is 23.1. The zero-order valence-electron chi connectivity index (χ0n) is 16.9. The second kappa shape index (κ2) is 11.2. The van der Waals surface area contributed by atoms with Crippen molar-refractivity contribution in [3.63, 3.8) is 0 Å². The summed E-state index contributed by atoms with van der Waals surface area (Å²) in [5.74, 6) is 0.420. The second-order valence-corrected chi connectivity index (χ2v) is 8.73. The second-order valence-electron chi connectivity index (χ2n) is 6.55. The van der Waals surface area contributed by atoms with Gasteiger partial charge in [-0.25, -0.2) is 0 Å². The van der Waals surface area contributed by atoms with Gasteiger partial charge in [0.05, 0.1) is 11.6 Å². The lowest BCUT2D eigenvalue weighted by atomic mass is 10.1. The number of halogens is 3. The Hall–Kier alpha value is -2.79. The van der Waals surface area contributed by atoms with Gasteiger partial charge in [-0.2, -0.15) is 5.26 Å². The number of hydrogen-bond donors (Lipinski definition) is 1. The van der Waals surface area contributed by atoms with Crippen LogP contribution in [0.2, 0.25) is 5.02 Å². The number of nitriles is 1. The van der Waals surface area contributed by atoms with E-state index in [2.05, 4.69) is 37.2 Å². The van der Waals surface area contributed by atoms with Crippen LogP contribution in [0.4, 0.5) is 5.69 Å². The molecule has 1 N–H and O–H groups in total. The van der Waals surface area contributed by atoms with Gasteiger partial charge in [-0.15, -0.1) is 0 Å². The van der Waals surface area contributed by atoms with Gasteiger partial charge in [-0.1, -0.05) is 51.8 Å². The first-order chi connectivity index (χ1) is 15.4. The molecule has 3 aromatic rings. The molecule has 1 amide bonds. The van der Waals surface area contributed by atoms with E-state index in [-0.39, 0.29) is 12.2 Å². The molecule has 32 heavy (non-hydrogen) atoms. The Labute approximate surface area is 207 Å². The van der Waals surface area contributed by atoms with Crippen LogP contribution in [0, 0.1) is 11.3 Å². The van der Waals surface area contributed by atoms with E-state index in [1.807, 2.05) is 30.3 Å². The van der Waals surface area contributed by atoms with E-state index < -0.39 is 5.91 Å². The minimum Gasteiger partial charge on any atom is -0.493 e. The number of ether oxygens (including phenoxy) is 2. The van der Waals surface area contributed by atoms with E-state index in [1.54, 1.807) is 36.4 Å². The molecular formula is C24H17Br2ClN2O3. The lowest BCUT2D eigenvalue weighted by Gasteiger charge is -2.14. The lowest BCUT2D eigenvalue weighted by molar-refractivity contribution is -0.112. The Morgan fingerprint density at radius 3 is 2.62 bits per heavy atom. The third kappa shape index (κ3) is 6.13. The molecule has 0 unspecified atom stereocenters. The normalized spacial score (nSPS) is 10.9. The Morgan fingerprint density at radius 2 is 1.94 bits per heavy atom. The summed E-state index contributed by atoms with van der Waals surface area (Å²) < 4.78 is 12.8. The summed E-state index contributed by atoms with van der Waals surface area (Å²) in [5, 5.41) is 12.8. The first-order valence-corrected chi connectivity index (χ1v) is 11.3. The predicted octanol–water partition coefficient (Wildman–Crippen LogP) is 7.00. The van der Waals surface area contributed by atoms with Gasteiger partial charge in [0.1, 0.15) is 18.2 Å². The molecule has 0 aliphatic carbocycles. The van der Waals surface area contributed by atoms with Crippen molar-refractivity contribution in [1.82, 2.24) is 0 Å². The van der Waals surface area contributed by atoms with Gasteiger partial charge < -0.3 is 14.8 Å². The highest BCUT2D eigenvalue weighted by molar-refractivity contribution is 9.10. The number of hydrogen-bond acceptors (Lipinski definition) is 4. The smallest absolute Gasteiger partial charge is 0.266 e. The van der Waals surface area contributed by atoms with Gasteiger partial charge >= 0.3 is 0 Å². The Bertz CT molecular complexity index is 1220. The molecule has 3 aromatic carbocycles. The van der Waals surface area contributed by atoms with Crippen LogP contribution in [-0.2, 0) is 11.4 Å². The molecule has 0 fully saturated rings. The maximum absolute atomic E-state index is 12.6. The van der Waals surface area contributed by atoms with Crippen LogP contribution in [0.3, 0.4) is 0 Å². The predicted molar refractivity (Wildman–Crippen MR) is 133 cm³/mol. The van der Waals surface area contributed by atoms with Gasteiger partial charge in [0.15, 0.2) is 11.5 Å². The van der Waals surface area contributed by atoms with E-state index in [1.165, 1.54) is 13.2 Å². The Balaban J connectivity index is 1.83. The molecule has 5 nitrogen and oxygen atoms in total. The Kier molecular flexibility index (Phi) is 8.34. The van der Waals surface area contributed by atoms with Crippen LogP contribution < -0.4 is 14.8 Å². The third-order valence-corrected chi connectivity index (χ3v) is 5.79. The van der Waals surface area contributed by atoms with Crippen LogP contribution in [-0.4, -0.2) is 13.0 Å². The molecule has 0 aliphatic heterocycles. The molecule has 0 heterocycles. The number of carbonyl (C=O) groups excluding carboxylic acids is 1. The first kappa shape index (κ1) is 23.9. The van der Waals surface area contributed by atoms with Crippen molar-refractivity contribution < 1.29 is 14.3 Å². The summed E-state index contributed by atoms with van der Waals surface area (Å²) in [6.07, 6.45) is 1.48. The number of nitrogens with zero attached hydrogens (tertiary/aromatic N) is 1. The summed E-state index contributed by atoms with van der Waals surface area (Å²) in [4.78, 5) is 12.6. The van der Waals surface area contributed by atoms with E-state index in [9.17, 15) is 10.1 Å². The molecular weight excluding hydrogens is 560 g/mol. The van der Waals surface area contributed by atoms with Crippen molar-refractivity contribution >= 4 is 61.1 Å². The van der Waals surface area contributed by atoms with E-state index in [0.29, 0.717) is 32.2 Å². The van der Waals surface area contributed by atoms with Crippen molar-refractivity contribution in [2.75, 3.05) is 12.4 Å². The SMILES string of the molecule is COc1cc(/C=C(\C#N)C(=O)Nc2cccc(Br)c2)cc(Br)c1OCc1ccccc1Cl. The summed E-state index contributed by atoms with van der Waals surface area (Å²) in [5.41, 5.74) is 1.96. The fourth-order valence-corrected chi connectivity index (χ4v) is 3.97.